The van der Waals surface area contributed by atoms with Crippen molar-refractivity contribution < 1.29 is 9.90 Å². The van der Waals surface area contributed by atoms with E-state index in [1.54, 1.807) is 0 Å². The highest BCUT2D eigenvalue weighted by Gasteiger charge is 2.12. The standard InChI is InChI=1S/C9H13N7O2S/c1-2-3-15-7(10-6-11-15)5-19-9-12-13-14-16(9)4-8(17)18/h6H,2-5H2,1H3,(H,17,18). The highest BCUT2D eigenvalue weighted by atomic mass is 32.2. The Bertz CT molecular complexity index is 552. The van der Waals surface area contributed by atoms with Crippen molar-refractivity contribution in [1.29, 1.82) is 0 Å². The van der Waals surface area contributed by atoms with E-state index in [9.17, 15) is 4.79 Å². The SMILES string of the molecule is CCCn1ncnc1CSc1nnnn1CC(=O)O. The Morgan fingerprint density at radius 1 is 1.47 bits per heavy atom. The molecule has 0 atom stereocenters. The monoisotopic (exact) mass is 283 g/mol. The van der Waals surface area contributed by atoms with Crippen LogP contribution < -0.4 is 0 Å². The van der Waals surface area contributed by atoms with Gasteiger partial charge in [-0.05, 0) is 16.8 Å². The maximum atomic E-state index is 10.6. The van der Waals surface area contributed by atoms with Crippen LogP contribution in [0.5, 0.6) is 0 Å². The smallest absolute Gasteiger partial charge is 0.325 e. The van der Waals surface area contributed by atoms with Crippen molar-refractivity contribution in [3.05, 3.63) is 12.2 Å². The first-order valence-electron chi connectivity index (χ1n) is 5.68. The number of carboxylic acids is 1. The fourth-order valence-corrected chi connectivity index (χ4v) is 2.28. The molecular formula is C9H13N7O2S. The van der Waals surface area contributed by atoms with Crippen LogP contribution in [0.2, 0.25) is 0 Å². The van der Waals surface area contributed by atoms with Crippen molar-refractivity contribution in [2.24, 2.45) is 0 Å². The minimum atomic E-state index is -0.983. The Balaban J connectivity index is 2.00. The zero-order chi connectivity index (χ0) is 13.7. The molecule has 1 N–H and O–H groups in total. The van der Waals surface area contributed by atoms with Gasteiger partial charge in [0.1, 0.15) is 18.7 Å². The molecule has 0 saturated carbocycles. The van der Waals surface area contributed by atoms with E-state index in [2.05, 4.69) is 32.5 Å². The lowest BCUT2D eigenvalue weighted by Gasteiger charge is -2.03. The Morgan fingerprint density at radius 2 is 2.32 bits per heavy atom. The molecule has 9 nitrogen and oxygen atoms in total. The molecule has 0 amide bonds. The molecule has 19 heavy (non-hydrogen) atoms. The molecule has 0 aliphatic carbocycles. The van der Waals surface area contributed by atoms with Crippen LogP contribution in [0.1, 0.15) is 19.2 Å². The fraction of sp³-hybridized carbons (Fsp3) is 0.556. The summed E-state index contributed by atoms with van der Waals surface area (Å²) < 4.78 is 3.06. The molecule has 0 aliphatic rings. The molecule has 0 bridgehead atoms. The van der Waals surface area contributed by atoms with E-state index in [0.717, 1.165) is 18.8 Å². The van der Waals surface area contributed by atoms with Crippen LogP contribution in [0, 0.1) is 0 Å². The average molecular weight is 283 g/mol. The first-order valence-corrected chi connectivity index (χ1v) is 6.66. The summed E-state index contributed by atoms with van der Waals surface area (Å²) in [6.07, 6.45) is 2.48. The predicted molar refractivity (Wildman–Crippen MR) is 65.3 cm³/mol. The molecule has 10 heteroatoms. The van der Waals surface area contributed by atoms with Gasteiger partial charge in [0.2, 0.25) is 5.16 Å². The van der Waals surface area contributed by atoms with Gasteiger partial charge in [-0.3, -0.25) is 4.79 Å². The molecule has 0 aliphatic heterocycles. The molecule has 0 fully saturated rings. The second-order valence-electron chi connectivity index (χ2n) is 3.70. The van der Waals surface area contributed by atoms with Crippen LogP contribution in [-0.4, -0.2) is 46.0 Å². The Morgan fingerprint density at radius 3 is 3.05 bits per heavy atom. The maximum Gasteiger partial charge on any atom is 0.325 e. The third-order valence-electron chi connectivity index (χ3n) is 2.25. The maximum absolute atomic E-state index is 10.6. The van der Waals surface area contributed by atoms with Crippen molar-refractivity contribution in [2.45, 2.75) is 37.3 Å². The molecule has 0 spiro atoms. The topological polar surface area (TPSA) is 112 Å². The zero-order valence-corrected chi connectivity index (χ0v) is 11.1. The van der Waals surface area contributed by atoms with Crippen molar-refractivity contribution in [3.63, 3.8) is 0 Å². The van der Waals surface area contributed by atoms with E-state index in [1.807, 2.05) is 4.68 Å². The molecule has 0 aromatic carbocycles. The lowest BCUT2D eigenvalue weighted by atomic mass is 10.5. The van der Waals surface area contributed by atoms with E-state index in [4.69, 9.17) is 5.11 Å². The Kier molecular flexibility index (Phi) is 4.44. The Hall–Kier alpha value is -1.97. The number of nitrogens with zero attached hydrogens (tertiary/aromatic N) is 7. The number of aliphatic carboxylic acids is 1. The van der Waals surface area contributed by atoms with Crippen molar-refractivity contribution >= 4 is 17.7 Å². The number of thioether (sulfide) groups is 1. The molecule has 2 heterocycles. The number of carbonyl (C=O) groups is 1. The van der Waals surface area contributed by atoms with Gasteiger partial charge >= 0.3 is 5.97 Å². The van der Waals surface area contributed by atoms with Gasteiger partial charge in [0.25, 0.3) is 0 Å². The van der Waals surface area contributed by atoms with Crippen molar-refractivity contribution in [1.82, 2.24) is 35.0 Å². The van der Waals surface area contributed by atoms with E-state index in [0.29, 0.717) is 10.9 Å². The molecule has 0 radical (unpaired) electrons. The summed E-state index contributed by atoms with van der Waals surface area (Å²) in [6, 6.07) is 0. The number of hydrogen-bond acceptors (Lipinski definition) is 7. The summed E-state index contributed by atoms with van der Waals surface area (Å²) in [5.74, 6) is 0.375. The van der Waals surface area contributed by atoms with E-state index < -0.39 is 5.97 Å². The van der Waals surface area contributed by atoms with Crippen LogP contribution in [0.25, 0.3) is 0 Å². The third kappa shape index (κ3) is 3.50. The van der Waals surface area contributed by atoms with Gasteiger partial charge in [0, 0.05) is 6.54 Å². The predicted octanol–water partition coefficient (Wildman–Crippen LogP) is 0.0515. The van der Waals surface area contributed by atoms with Crippen LogP contribution in [0.3, 0.4) is 0 Å². The quantitative estimate of drug-likeness (QED) is 0.709. The van der Waals surface area contributed by atoms with E-state index >= 15 is 0 Å². The molecule has 2 aromatic rings. The summed E-state index contributed by atoms with van der Waals surface area (Å²) in [6.45, 7) is 2.61. The second-order valence-corrected chi connectivity index (χ2v) is 4.64. The number of carboxylic acid groups (broad SMARTS) is 1. The minimum absolute atomic E-state index is 0.253. The van der Waals surface area contributed by atoms with Crippen LogP contribution in [-0.2, 0) is 23.6 Å². The van der Waals surface area contributed by atoms with E-state index in [-0.39, 0.29) is 6.54 Å². The molecule has 0 saturated heterocycles. The van der Waals surface area contributed by atoms with Crippen LogP contribution in [0.15, 0.2) is 11.5 Å². The fourth-order valence-electron chi connectivity index (χ4n) is 1.45. The number of rotatable bonds is 7. The first-order chi connectivity index (χ1) is 9.20. The molecule has 2 rings (SSSR count). The van der Waals surface area contributed by atoms with Gasteiger partial charge < -0.3 is 5.11 Å². The first kappa shape index (κ1) is 13.5. The largest absolute Gasteiger partial charge is 0.480 e. The molecule has 2 aromatic heterocycles. The number of hydrogen-bond donors (Lipinski definition) is 1. The van der Waals surface area contributed by atoms with Crippen molar-refractivity contribution in [3.8, 4) is 0 Å². The van der Waals surface area contributed by atoms with Gasteiger partial charge in [-0.2, -0.15) is 5.10 Å². The molecule has 0 unspecified atom stereocenters. The Labute approximate surface area is 113 Å². The van der Waals surface area contributed by atoms with E-state index in [1.165, 1.54) is 22.8 Å². The molecular weight excluding hydrogens is 270 g/mol. The summed E-state index contributed by atoms with van der Waals surface area (Å²) in [5, 5.41) is 24.2. The molecule has 102 valence electrons. The third-order valence-corrected chi connectivity index (χ3v) is 3.20. The second kappa shape index (κ2) is 6.27. The summed E-state index contributed by atoms with van der Waals surface area (Å²) in [4.78, 5) is 14.8. The summed E-state index contributed by atoms with van der Waals surface area (Å²) in [7, 11) is 0. The number of aryl methyl sites for hydroxylation is 1. The highest BCUT2D eigenvalue weighted by molar-refractivity contribution is 7.98. The van der Waals surface area contributed by atoms with Gasteiger partial charge in [-0.25, -0.2) is 14.3 Å². The van der Waals surface area contributed by atoms with Gasteiger partial charge in [0.05, 0.1) is 5.75 Å². The van der Waals surface area contributed by atoms with Crippen molar-refractivity contribution in [2.75, 3.05) is 0 Å². The van der Waals surface area contributed by atoms with Crippen LogP contribution in [0.4, 0.5) is 0 Å². The number of tetrazole rings is 1. The number of aromatic nitrogens is 7. The lowest BCUT2D eigenvalue weighted by Crippen LogP contribution is -2.11. The highest BCUT2D eigenvalue weighted by Crippen LogP contribution is 2.18. The summed E-state index contributed by atoms with van der Waals surface area (Å²) in [5.41, 5.74) is 0. The lowest BCUT2D eigenvalue weighted by molar-refractivity contribution is -0.138. The zero-order valence-electron chi connectivity index (χ0n) is 10.3. The van der Waals surface area contributed by atoms with Gasteiger partial charge in [-0.1, -0.05) is 18.7 Å². The van der Waals surface area contributed by atoms with Crippen LogP contribution >= 0.6 is 11.8 Å². The van der Waals surface area contributed by atoms with Gasteiger partial charge in [0.15, 0.2) is 0 Å². The van der Waals surface area contributed by atoms with Gasteiger partial charge in [-0.15, -0.1) is 5.10 Å². The minimum Gasteiger partial charge on any atom is -0.480 e. The normalized spacial score (nSPS) is 10.8. The summed E-state index contributed by atoms with van der Waals surface area (Å²) >= 11 is 1.33. The average Bonchev–Trinajstić information content (AvgIpc) is 2.96.